The summed E-state index contributed by atoms with van der Waals surface area (Å²) in [7, 11) is -1.89. The minimum atomic E-state index is -3.50. The molecule has 0 aliphatic carbocycles. The van der Waals surface area contributed by atoms with Gasteiger partial charge in [0.15, 0.2) is 0 Å². The van der Waals surface area contributed by atoms with E-state index in [1.807, 2.05) is 24.3 Å². The average Bonchev–Trinajstić information content (AvgIpc) is 3.06. The van der Waals surface area contributed by atoms with Crippen LogP contribution in [0.2, 0.25) is 0 Å². The first-order valence-electron chi connectivity index (χ1n) is 7.44. The van der Waals surface area contributed by atoms with Crippen LogP contribution in [-0.2, 0) is 10.0 Å². The number of hydrogen-bond donors (Lipinski definition) is 0. The van der Waals surface area contributed by atoms with Crippen molar-refractivity contribution in [3.8, 4) is 5.75 Å². The second kappa shape index (κ2) is 6.63. The molecule has 23 heavy (non-hydrogen) atoms. The van der Waals surface area contributed by atoms with Gasteiger partial charge < -0.3 is 4.74 Å². The van der Waals surface area contributed by atoms with Gasteiger partial charge in [0.25, 0.3) is 0 Å². The van der Waals surface area contributed by atoms with Crippen LogP contribution in [0.25, 0.3) is 0 Å². The molecule has 1 aliphatic rings. The van der Waals surface area contributed by atoms with Gasteiger partial charge in [0, 0.05) is 11.0 Å². The summed E-state index contributed by atoms with van der Waals surface area (Å²) >= 11 is 3.34. The number of halogens is 1. The van der Waals surface area contributed by atoms with Gasteiger partial charge in [-0.05, 0) is 54.8 Å². The fraction of sp³-hybridized carbons (Fsp3) is 0.294. The van der Waals surface area contributed by atoms with E-state index in [1.165, 1.54) is 0 Å². The lowest BCUT2D eigenvalue weighted by Gasteiger charge is -2.24. The SMILES string of the molecule is COc1cccc([C@H]2CCCN2S(=O)(=O)c2ccc(Br)cc2)c1. The number of rotatable bonds is 4. The first-order chi connectivity index (χ1) is 11.0. The maximum absolute atomic E-state index is 13.0. The molecule has 1 saturated heterocycles. The van der Waals surface area contributed by atoms with Gasteiger partial charge in [0.05, 0.1) is 18.0 Å². The molecule has 2 aromatic rings. The monoisotopic (exact) mass is 395 g/mol. The van der Waals surface area contributed by atoms with Gasteiger partial charge >= 0.3 is 0 Å². The van der Waals surface area contributed by atoms with E-state index in [2.05, 4.69) is 15.9 Å². The van der Waals surface area contributed by atoms with E-state index in [0.717, 1.165) is 28.6 Å². The molecule has 1 heterocycles. The molecule has 3 rings (SSSR count). The molecule has 0 unspecified atom stereocenters. The molecule has 122 valence electrons. The first-order valence-corrected chi connectivity index (χ1v) is 9.67. The van der Waals surface area contributed by atoms with Crippen molar-refractivity contribution in [2.75, 3.05) is 13.7 Å². The number of hydrogen-bond acceptors (Lipinski definition) is 3. The first kappa shape index (κ1) is 16.5. The molecule has 0 spiro atoms. The second-order valence-corrected chi connectivity index (χ2v) is 8.31. The molecular formula is C17H18BrNO3S. The van der Waals surface area contributed by atoms with Crippen molar-refractivity contribution in [1.29, 1.82) is 0 Å². The Morgan fingerprint density at radius 1 is 1.17 bits per heavy atom. The van der Waals surface area contributed by atoms with Crippen LogP contribution in [0, 0.1) is 0 Å². The zero-order chi connectivity index (χ0) is 16.4. The molecule has 6 heteroatoms. The Hall–Kier alpha value is -1.37. The molecule has 4 nitrogen and oxygen atoms in total. The lowest BCUT2D eigenvalue weighted by molar-refractivity contribution is 0.390. The van der Waals surface area contributed by atoms with Crippen molar-refractivity contribution in [2.45, 2.75) is 23.8 Å². The summed E-state index contributed by atoms with van der Waals surface area (Å²) in [6.45, 7) is 0.542. The number of methoxy groups -OCH3 is 1. The fourth-order valence-electron chi connectivity index (χ4n) is 2.95. The van der Waals surface area contributed by atoms with Crippen LogP contribution in [0.3, 0.4) is 0 Å². The van der Waals surface area contributed by atoms with Gasteiger partial charge in [-0.2, -0.15) is 4.31 Å². The summed E-state index contributed by atoms with van der Waals surface area (Å²) in [5.41, 5.74) is 0.975. The van der Waals surface area contributed by atoms with Gasteiger partial charge in [-0.3, -0.25) is 0 Å². The van der Waals surface area contributed by atoms with Crippen molar-refractivity contribution in [1.82, 2.24) is 4.31 Å². The van der Waals surface area contributed by atoms with Crippen molar-refractivity contribution in [3.05, 3.63) is 58.6 Å². The van der Waals surface area contributed by atoms with E-state index in [-0.39, 0.29) is 6.04 Å². The third-order valence-corrected chi connectivity index (χ3v) is 6.55. The zero-order valence-corrected chi connectivity index (χ0v) is 15.2. The predicted molar refractivity (Wildman–Crippen MR) is 93.0 cm³/mol. The van der Waals surface area contributed by atoms with Gasteiger partial charge in [-0.15, -0.1) is 0 Å². The summed E-state index contributed by atoms with van der Waals surface area (Å²) in [6.07, 6.45) is 1.68. The van der Waals surface area contributed by atoms with Crippen molar-refractivity contribution >= 4 is 26.0 Å². The average molecular weight is 396 g/mol. The quantitative estimate of drug-likeness (QED) is 0.786. The summed E-state index contributed by atoms with van der Waals surface area (Å²) in [6, 6.07) is 14.3. The number of benzene rings is 2. The Morgan fingerprint density at radius 2 is 1.91 bits per heavy atom. The van der Waals surface area contributed by atoms with Crippen molar-refractivity contribution in [3.63, 3.8) is 0 Å². The van der Waals surface area contributed by atoms with E-state index in [4.69, 9.17) is 4.74 Å². The maximum Gasteiger partial charge on any atom is 0.243 e. The highest BCUT2D eigenvalue weighted by molar-refractivity contribution is 9.10. The standard InChI is InChI=1S/C17H18BrNO3S/c1-22-15-5-2-4-13(12-15)17-6-3-11-19(17)23(20,21)16-9-7-14(18)8-10-16/h2,4-5,7-10,12,17H,3,6,11H2,1H3/t17-/m1/s1. The molecule has 0 saturated carbocycles. The molecule has 2 aromatic carbocycles. The lowest BCUT2D eigenvalue weighted by atomic mass is 10.1. The number of sulfonamides is 1. The van der Waals surface area contributed by atoms with Crippen molar-refractivity contribution in [2.24, 2.45) is 0 Å². The normalized spacial score (nSPS) is 19.0. The molecule has 0 radical (unpaired) electrons. The van der Waals surface area contributed by atoms with E-state index < -0.39 is 10.0 Å². The number of ether oxygens (including phenoxy) is 1. The second-order valence-electron chi connectivity index (χ2n) is 5.50. The molecule has 1 aliphatic heterocycles. The van der Waals surface area contributed by atoms with Crippen LogP contribution in [0.1, 0.15) is 24.4 Å². The van der Waals surface area contributed by atoms with Crippen LogP contribution in [0.15, 0.2) is 57.9 Å². The highest BCUT2D eigenvalue weighted by atomic mass is 79.9. The Kier molecular flexibility index (Phi) is 4.75. The Morgan fingerprint density at radius 3 is 2.61 bits per heavy atom. The molecule has 1 atom stereocenters. The van der Waals surface area contributed by atoms with E-state index in [0.29, 0.717) is 11.4 Å². The summed E-state index contributed by atoms with van der Waals surface area (Å²) in [4.78, 5) is 0.329. The van der Waals surface area contributed by atoms with E-state index in [1.54, 1.807) is 35.7 Å². The molecule has 0 aromatic heterocycles. The maximum atomic E-state index is 13.0. The molecule has 0 N–H and O–H groups in total. The van der Waals surface area contributed by atoms with Crippen LogP contribution < -0.4 is 4.74 Å². The highest BCUT2D eigenvalue weighted by Gasteiger charge is 2.36. The van der Waals surface area contributed by atoms with Gasteiger partial charge in [0.1, 0.15) is 5.75 Å². The molecule has 0 bridgehead atoms. The molecule has 1 fully saturated rings. The summed E-state index contributed by atoms with van der Waals surface area (Å²) in [5.74, 6) is 0.746. The highest BCUT2D eigenvalue weighted by Crippen LogP contribution is 2.37. The third-order valence-electron chi connectivity index (χ3n) is 4.10. The molecule has 0 amide bonds. The van der Waals surface area contributed by atoms with Crippen molar-refractivity contribution < 1.29 is 13.2 Å². The lowest BCUT2D eigenvalue weighted by Crippen LogP contribution is -2.30. The fourth-order valence-corrected chi connectivity index (χ4v) is 4.90. The minimum absolute atomic E-state index is 0.140. The third kappa shape index (κ3) is 3.29. The topological polar surface area (TPSA) is 46.6 Å². The molecular weight excluding hydrogens is 378 g/mol. The smallest absolute Gasteiger partial charge is 0.243 e. The Bertz CT molecular complexity index is 790. The van der Waals surface area contributed by atoms with E-state index >= 15 is 0 Å². The van der Waals surface area contributed by atoms with Crippen LogP contribution in [-0.4, -0.2) is 26.4 Å². The van der Waals surface area contributed by atoms with Crippen LogP contribution >= 0.6 is 15.9 Å². The Labute approximate surface area is 145 Å². The van der Waals surface area contributed by atoms with Crippen LogP contribution in [0.4, 0.5) is 0 Å². The summed E-state index contributed by atoms with van der Waals surface area (Å²) < 4.78 is 33.7. The Balaban J connectivity index is 1.96. The van der Waals surface area contributed by atoms with E-state index in [9.17, 15) is 8.42 Å². The number of nitrogens with zero attached hydrogens (tertiary/aromatic N) is 1. The minimum Gasteiger partial charge on any atom is -0.497 e. The zero-order valence-electron chi connectivity index (χ0n) is 12.8. The largest absolute Gasteiger partial charge is 0.497 e. The van der Waals surface area contributed by atoms with Gasteiger partial charge in [0.2, 0.25) is 10.0 Å². The van der Waals surface area contributed by atoms with Gasteiger partial charge in [-0.25, -0.2) is 8.42 Å². The van der Waals surface area contributed by atoms with Crippen LogP contribution in [0.5, 0.6) is 5.75 Å². The summed E-state index contributed by atoms with van der Waals surface area (Å²) in [5, 5.41) is 0. The van der Waals surface area contributed by atoms with Gasteiger partial charge in [-0.1, -0.05) is 28.1 Å². The predicted octanol–water partition coefficient (Wildman–Crippen LogP) is 3.98.